The maximum Gasteiger partial charge on any atom is 0.336 e. The van der Waals surface area contributed by atoms with Crippen LogP contribution in [0.15, 0.2) is 33.0 Å². The Bertz CT molecular complexity index is 1050. The van der Waals surface area contributed by atoms with Crippen molar-refractivity contribution in [1.82, 2.24) is 0 Å². The van der Waals surface area contributed by atoms with Gasteiger partial charge in [-0.25, -0.2) is 4.79 Å². The van der Waals surface area contributed by atoms with E-state index in [2.05, 4.69) is 0 Å². The van der Waals surface area contributed by atoms with Gasteiger partial charge in [0, 0.05) is 6.07 Å². The van der Waals surface area contributed by atoms with Crippen LogP contribution in [0.2, 0.25) is 0 Å². The highest BCUT2D eigenvalue weighted by Gasteiger charge is 2.33. The van der Waals surface area contributed by atoms with E-state index in [9.17, 15) is 14.7 Å². The highest BCUT2D eigenvalue weighted by molar-refractivity contribution is 6.16. The predicted molar refractivity (Wildman–Crippen MR) is 106 cm³/mol. The van der Waals surface area contributed by atoms with Crippen molar-refractivity contribution in [3.8, 4) is 11.5 Å². The number of aryl methyl sites for hydroxylation is 1. The highest BCUT2D eigenvalue weighted by atomic mass is 16.5. The van der Waals surface area contributed by atoms with Crippen LogP contribution < -0.4 is 10.4 Å². The van der Waals surface area contributed by atoms with Gasteiger partial charge in [0.15, 0.2) is 11.4 Å². The number of carbonyl (C=O) groups excluding carboxylic acids is 1. The Hall–Kier alpha value is -2.82. The van der Waals surface area contributed by atoms with E-state index in [1.807, 2.05) is 26.8 Å². The number of phenols is 1. The molecule has 1 aromatic carbocycles. The van der Waals surface area contributed by atoms with Gasteiger partial charge in [0.05, 0.1) is 10.9 Å². The molecule has 0 unspecified atom stereocenters. The molecule has 1 aliphatic rings. The van der Waals surface area contributed by atoms with Crippen LogP contribution >= 0.6 is 0 Å². The van der Waals surface area contributed by atoms with Crippen LogP contribution in [-0.2, 0) is 6.42 Å². The van der Waals surface area contributed by atoms with Gasteiger partial charge in [-0.15, -0.1) is 0 Å². The van der Waals surface area contributed by atoms with E-state index >= 15 is 0 Å². The Labute approximate surface area is 158 Å². The molecule has 1 aromatic heterocycles. The fourth-order valence-corrected chi connectivity index (χ4v) is 3.30. The topological polar surface area (TPSA) is 76.7 Å². The SMILES string of the molecule is C/C=C(/C)C(=O)c1c2c(c3oc(=O)cc(CCC)c3c1O)C=CC(C)(C)O2. The van der Waals surface area contributed by atoms with Gasteiger partial charge in [-0.1, -0.05) is 19.4 Å². The van der Waals surface area contributed by atoms with Gasteiger partial charge in [0.2, 0.25) is 0 Å². The lowest BCUT2D eigenvalue weighted by Crippen LogP contribution is -2.29. The summed E-state index contributed by atoms with van der Waals surface area (Å²) < 4.78 is 11.5. The number of ketones is 1. The largest absolute Gasteiger partial charge is 0.506 e. The van der Waals surface area contributed by atoms with Crippen molar-refractivity contribution in [2.45, 2.75) is 53.1 Å². The van der Waals surface area contributed by atoms with E-state index in [0.29, 0.717) is 28.5 Å². The molecule has 0 radical (unpaired) electrons. The molecule has 0 fully saturated rings. The molecule has 0 spiro atoms. The molecule has 0 bridgehead atoms. The standard InChI is InChI=1S/C22H24O5/c1-6-8-13-11-15(23)26-20-14-9-10-22(4,5)27-21(14)17(19(25)16(13)20)18(24)12(3)7-2/h7,9-11,25H,6,8H2,1-5H3/b12-7-. The van der Waals surface area contributed by atoms with Gasteiger partial charge in [0.25, 0.3) is 0 Å². The third-order valence-electron chi connectivity index (χ3n) is 4.79. The summed E-state index contributed by atoms with van der Waals surface area (Å²) in [4.78, 5) is 25.1. The number of benzene rings is 1. The zero-order chi connectivity index (χ0) is 19.9. The highest BCUT2D eigenvalue weighted by Crippen LogP contribution is 2.46. The van der Waals surface area contributed by atoms with Crippen molar-refractivity contribution in [2.75, 3.05) is 0 Å². The molecular weight excluding hydrogens is 344 g/mol. The maximum atomic E-state index is 13.0. The Morgan fingerprint density at radius 2 is 2.04 bits per heavy atom. The summed E-state index contributed by atoms with van der Waals surface area (Å²) in [6, 6.07) is 1.38. The number of fused-ring (bicyclic) bond motifs is 3. The minimum absolute atomic E-state index is 0.108. The summed E-state index contributed by atoms with van der Waals surface area (Å²) >= 11 is 0. The smallest absolute Gasteiger partial charge is 0.336 e. The number of aromatic hydroxyl groups is 1. The first-order chi connectivity index (χ1) is 12.7. The van der Waals surface area contributed by atoms with Crippen molar-refractivity contribution in [3.63, 3.8) is 0 Å². The van der Waals surface area contributed by atoms with Gasteiger partial charge in [-0.2, -0.15) is 0 Å². The van der Waals surface area contributed by atoms with Crippen LogP contribution in [-0.4, -0.2) is 16.5 Å². The van der Waals surface area contributed by atoms with Gasteiger partial charge in [0.1, 0.15) is 22.7 Å². The van der Waals surface area contributed by atoms with Gasteiger partial charge in [-0.3, -0.25) is 4.79 Å². The Morgan fingerprint density at radius 1 is 1.33 bits per heavy atom. The summed E-state index contributed by atoms with van der Waals surface area (Å²) in [6.45, 7) is 9.16. The molecular formula is C22H24O5. The second-order valence-electron chi connectivity index (χ2n) is 7.35. The molecule has 0 atom stereocenters. The quantitative estimate of drug-likeness (QED) is 0.477. The summed E-state index contributed by atoms with van der Waals surface area (Å²) in [7, 11) is 0. The molecule has 0 saturated carbocycles. The molecule has 0 saturated heterocycles. The minimum Gasteiger partial charge on any atom is -0.506 e. The van der Waals surface area contributed by atoms with Crippen LogP contribution in [0.3, 0.4) is 0 Å². The van der Waals surface area contributed by atoms with E-state index in [-0.39, 0.29) is 28.4 Å². The van der Waals surface area contributed by atoms with Crippen LogP contribution in [0.25, 0.3) is 17.0 Å². The molecule has 27 heavy (non-hydrogen) atoms. The lowest BCUT2D eigenvalue weighted by Gasteiger charge is -2.30. The van der Waals surface area contributed by atoms with E-state index in [0.717, 1.165) is 6.42 Å². The normalized spacial score (nSPS) is 15.5. The minimum atomic E-state index is -0.659. The molecule has 5 nitrogen and oxygen atoms in total. The van der Waals surface area contributed by atoms with Crippen molar-refractivity contribution in [1.29, 1.82) is 0 Å². The molecule has 2 heterocycles. The Kier molecular flexibility index (Phi) is 4.72. The van der Waals surface area contributed by atoms with Crippen molar-refractivity contribution in [2.24, 2.45) is 0 Å². The van der Waals surface area contributed by atoms with Gasteiger partial charge in [-0.05, 0) is 57.4 Å². The van der Waals surface area contributed by atoms with Crippen molar-refractivity contribution >= 4 is 22.8 Å². The fraction of sp³-hybridized carbons (Fsp3) is 0.364. The van der Waals surface area contributed by atoms with Crippen LogP contribution in [0.1, 0.15) is 62.5 Å². The molecule has 0 aliphatic carbocycles. The average Bonchev–Trinajstić information content (AvgIpc) is 2.59. The monoisotopic (exact) mass is 368 g/mol. The first-order valence-corrected chi connectivity index (χ1v) is 9.11. The number of phenolic OH excluding ortho intramolecular Hbond substituents is 1. The van der Waals surface area contributed by atoms with Gasteiger partial charge < -0.3 is 14.3 Å². The van der Waals surface area contributed by atoms with Crippen molar-refractivity contribution in [3.05, 3.63) is 50.9 Å². The zero-order valence-corrected chi connectivity index (χ0v) is 16.3. The third kappa shape index (κ3) is 3.18. The molecule has 2 aromatic rings. The van der Waals surface area contributed by atoms with Crippen LogP contribution in [0.5, 0.6) is 11.5 Å². The van der Waals surface area contributed by atoms with E-state index in [1.54, 1.807) is 26.0 Å². The number of hydrogen-bond acceptors (Lipinski definition) is 5. The number of Topliss-reactive ketones (excluding diaryl/α,β-unsaturated/α-hetero) is 1. The second-order valence-corrected chi connectivity index (χ2v) is 7.35. The molecule has 3 rings (SSSR count). The number of ether oxygens (including phenoxy) is 1. The summed E-state index contributed by atoms with van der Waals surface area (Å²) in [6.07, 6.45) is 6.70. The second kappa shape index (κ2) is 6.72. The molecule has 5 heteroatoms. The number of rotatable bonds is 4. The number of carbonyl (C=O) groups is 1. The maximum absolute atomic E-state index is 13.0. The lowest BCUT2D eigenvalue weighted by atomic mass is 9.91. The van der Waals surface area contributed by atoms with Gasteiger partial charge >= 0.3 is 5.63 Å². The van der Waals surface area contributed by atoms with Crippen LogP contribution in [0.4, 0.5) is 0 Å². The Morgan fingerprint density at radius 3 is 2.67 bits per heavy atom. The predicted octanol–water partition coefficient (Wildman–Crippen LogP) is 4.78. The number of hydrogen-bond donors (Lipinski definition) is 1. The first-order valence-electron chi connectivity index (χ1n) is 9.11. The van der Waals surface area contributed by atoms with E-state index in [4.69, 9.17) is 9.15 Å². The first kappa shape index (κ1) is 19.0. The van der Waals surface area contributed by atoms with Crippen LogP contribution in [0, 0.1) is 0 Å². The zero-order valence-electron chi connectivity index (χ0n) is 16.3. The third-order valence-corrected chi connectivity index (χ3v) is 4.79. The van der Waals surface area contributed by atoms with E-state index in [1.165, 1.54) is 6.07 Å². The summed E-state index contributed by atoms with van der Waals surface area (Å²) in [5.74, 6) is -0.267. The molecule has 1 aliphatic heterocycles. The fourth-order valence-electron chi connectivity index (χ4n) is 3.30. The Balaban J connectivity index is 2.51. The van der Waals surface area contributed by atoms with Crippen molar-refractivity contribution < 1.29 is 19.1 Å². The molecule has 1 N–H and O–H groups in total. The lowest BCUT2D eigenvalue weighted by molar-refractivity contribution is 0.101. The molecule has 142 valence electrons. The average molecular weight is 368 g/mol. The van der Waals surface area contributed by atoms with E-state index < -0.39 is 11.2 Å². The molecule has 0 amide bonds. The summed E-state index contributed by atoms with van der Waals surface area (Å²) in [5.41, 5.74) is 0.870. The number of allylic oxidation sites excluding steroid dienone is 2. The summed E-state index contributed by atoms with van der Waals surface area (Å²) in [5, 5.41) is 11.5.